The molecule has 21 heavy (non-hydrogen) atoms. The van der Waals surface area contributed by atoms with Gasteiger partial charge in [-0.2, -0.15) is 12.7 Å². The molecule has 0 saturated carbocycles. The first-order chi connectivity index (χ1) is 9.94. The van der Waals surface area contributed by atoms with Crippen molar-refractivity contribution in [2.75, 3.05) is 38.1 Å². The van der Waals surface area contributed by atoms with Gasteiger partial charge in [-0.05, 0) is 19.1 Å². The van der Waals surface area contributed by atoms with E-state index in [9.17, 15) is 13.2 Å². The molecule has 0 aromatic heterocycles. The van der Waals surface area contributed by atoms with E-state index in [-0.39, 0.29) is 24.3 Å². The zero-order valence-corrected chi connectivity index (χ0v) is 12.8. The molecule has 0 spiro atoms. The number of nitrogens with one attached hydrogen (secondary N) is 1. The molecular formula is C13H18N2O5S. The van der Waals surface area contributed by atoms with Crippen LogP contribution >= 0.6 is 0 Å². The Hall–Kier alpha value is -1.64. The molecule has 2 rings (SSSR count). The second-order valence-corrected chi connectivity index (χ2v) is 6.33. The summed E-state index contributed by atoms with van der Waals surface area (Å²) >= 11 is 0. The summed E-state index contributed by atoms with van der Waals surface area (Å²) in [6.07, 6.45) is 0. The summed E-state index contributed by atoms with van der Waals surface area (Å²) < 4.78 is 38.2. The number of carbonyl (C=O) groups excluding carboxylic acids is 1. The lowest BCUT2D eigenvalue weighted by atomic mass is 10.1. The van der Waals surface area contributed by atoms with E-state index in [1.54, 1.807) is 18.2 Å². The number of anilines is 1. The van der Waals surface area contributed by atoms with Crippen LogP contribution in [0.15, 0.2) is 18.2 Å². The number of methoxy groups -OCH3 is 1. The van der Waals surface area contributed by atoms with Crippen molar-refractivity contribution in [2.45, 2.75) is 6.92 Å². The second kappa shape index (κ2) is 6.42. The Morgan fingerprint density at radius 1 is 1.33 bits per heavy atom. The molecule has 8 heteroatoms. The van der Waals surface area contributed by atoms with Crippen LogP contribution < -0.4 is 4.72 Å². The van der Waals surface area contributed by atoms with Gasteiger partial charge >= 0.3 is 16.2 Å². The second-order valence-electron chi connectivity index (χ2n) is 4.66. The number of hydrogen-bond donors (Lipinski definition) is 1. The van der Waals surface area contributed by atoms with E-state index < -0.39 is 16.2 Å². The predicted octanol–water partition coefficient (Wildman–Crippen LogP) is 0.771. The molecule has 0 atom stereocenters. The Morgan fingerprint density at radius 3 is 2.62 bits per heavy atom. The standard InChI is InChI=1S/C13H18N2O5S/c1-10-3-4-12(11(9-10)13(16)19-2)14-21(17,18)15-5-7-20-8-6-15/h3-4,9,14H,5-8H2,1-2H3. The Balaban J connectivity index is 2.28. The number of carbonyl (C=O) groups is 1. The van der Waals surface area contributed by atoms with Gasteiger partial charge in [-0.15, -0.1) is 0 Å². The van der Waals surface area contributed by atoms with E-state index in [1.165, 1.54) is 11.4 Å². The van der Waals surface area contributed by atoms with E-state index in [0.717, 1.165) is 5.56 Å². The number of morpholine rings is 1. The molecule has 1 aliphatic heterocycles. The first-order valence-corrected chi connectivity index (χ1v) is 7.92. The molecule has 7 nitrogen and oxygen atoms in total. The molecule has 1 fully saturated rings. The zero-order valence-electron chi connectivity index (χ0n) is 12.0. The molecule has 1 aromatic carbocycles. The van der Waals surface area contributed by atoms with Crippen molar-refractivity contribution in [3.05, 3.63) is 29.3 Å². The monoisotopic (exact) mass is 314 g/mol. The van der Waals surface area contributed by atoms with E-state index in [2.05, 4.69) is 9.46 Å². The summed E-state index contributed by atoms with van der Waals surface area (Å²) in [5.41, 5.74) is 1.23. The molecule has 0 aliphatic carbocycles. The molecule has 1 aromatic rings. The van der Waals surface area contributed by atoms with Crippen molar-refractivity contribution in [3.8, 4) is 0 Å². The third-order valence-electron chi connectivity index (χ3n) is 3.13. The van der Waals surface area contributed by atoms with E-state index in [1.807, 2.05) is 6.92 Å². The fourth-order valence-corrected chi connectivity index (χ4v) is 3.23. The molecule has 1 saturated heterocycles. The fraction of sp³-hybridized carbons (Fsp3) is 0.462. The van der Waals surface area contributed by atoms with Crippen LogP contribution in [0.25, 0.3) is 0 Å². The number of nitrogens with zero attached hydrogens (tertiary/aromatic N) is 1. The average Bonchev–Trinajstić information content (AvgIpc) is 2.49. The molecule has 0 amide bonds. The van der Waals surface area contributed by atoms with Crippen molar-refractivity contribution in [1.29, 1.82) is 0 Å². The van der Waals surface area contributed by atoms with Crippen molar-refractivity contribution in [1.82, 2.24) is 4.31 Å². The maximum atomic E-state index is 12.3. The van der Waals surface area contributed by atoms with Gasteiger partial charge in [0.2, 0.25) is 0 Å². The molecule has 1 heterocycles. The Bertz CT molecular complexity index is 623. The van der Waals surface area contributed by atoms with Crippen molar-refractivity contribution in [3.63, 3.8) is 0 Å². The number of aryl methyl sites for hydroxylation is 1. The SMILES string of the molecule is COC(=O)c1cc(C)ccc1NS(=O)(=O)N1CCOCC1. The fourth-order valence-electron chi connectivity index (χ4n) is 2.02. The lowest BCUT2D eigenvalue weighted by Gasteiger charge is -2.26. The summed E-state index contributed by atoms with van der Waals surface area (Å²) in [6.45, 7) is 3.10. The molecule has 1 aliphatic rings. The summed E-state index contributed by atoms with van der Waals surface area (Å²) in [5, 5.41) is 0. The highest BCUT2D eigenvalue weighted by Crippen LogP contribution is 2.21. The van der Waals surface area contributed by atoms with Crippen molar-refractivity contribution in [2.24, 2.45) is 0 Å². The molecule has 0 unspecified atom stereocenters. The Labute approximate surface area is 124 Å². The number of ether oxygens (including phenoxy) is 2. The number of rotatable bonds is 4. The molecular weight excluding hydrogens is 296 g/mol. The van der Waals surface area contributed by atoms with E-state index in [0.29, 0.717) is 13.2 Å². The normalized spacial score (nSPS) is 16.5. The van der Waals surface area contributed by atoms with Gasteiger partial charge < -0.3 is 9.47 Å². The van der Waals surface area contributed by atoms with Gasteiger partial charge in [0.1, 0.15) is 0 Å². The van der Waals surface area contributed by atoms with Gasteiger partial charge in [-0.3, -0.25) is 4.72 Å². The summed E-state index contributed by atoms with van der Waals surface area (Å²) in [7, 11) is -2.46. The Morgan fingerprint density at radius 2 is 2.00 bits per heavy atom. The maximum Gasteiger partial charge on any atom is 0.340 e. The third-order valence-corrected chi connectivity index (χ3v) is 4.65. The van der Waals surface area contributed by atoms with E-state index >= 15 is 0 Å². The first kappa shape index (κ1) is 15.7. The highest BCUT2D eigenvalue weighted by atomic mass is 32.2. The van der Waals surface area contributed by atoms with Gasteiger partial charge in [0.05, 0.1) is 31.6 Å². The lowest BCUT2D eigenvalue weighted by molar-refractivity contribution is 0.0601. The Kier molecular flexibility index (Phi) is 4.81. The predicted molar refractivity (Wildman–Crippen MR) is 77.5 cm³/mol. The average molecular weight is 314 g/mol. The lowest BCUT2D eigenvalue weighted by Crippen LogP contribution is -2.43. The van der Waals surface area contributed by atoms with Crippen LogP contribution in [0, 0.1) is 6.92 Å². The zero-order chi connectivity index (χ0) is 15.5. The molecule has 0 radical (unpaired) electrons. The third kappa shape index (κ3) is 3.72. The van der Waals surface area contributed by atoms with Crippen molar-refractivity contribution < 1.29 is 22.7 Å². The first-order valence-electron chi connectivity index (χ1n) is 6.48. The van der Waals surface area contributed by atoms with Crippen LogP contribution in [0.1, 0.15) is 15.9 Å². The largest absolute Gasteiger partial charge is 0.465 e. The molecule has 0 bridgehead atoms. The van der Waals surface area contributed by atoms with Gasteiger partial charge in [-0.25, -0.2) is 4.79 Å². The van der Waals surface area contributed by atoms with Gasteiger partial charge in [0, 0.05) is 13.1 Å². The van der Waals surface area contributed by atoms with Crippen LogP contribution in [0.2, 0.25) is 0 Å². The minimum atomic E-state index is -3.72. The highest BCUT2D eigenvalue weighted by Gasteiger charge is 2.26. The van der Waals surface area contributed by atoms with Gasteiger partial charge in [0.15, 0.2) is 0 Å². The quantitative estimate of drug-likeness (QED) is 0.830. The number of hydrogen-bond acceptors (Lipinski definition) is 5. The summed E-state index contributed by atoms with van der Waals surface area (Å²) in [4.78, 5) is 11.8. The summed E-state index contributed by atoms with van der Waals surface area (Å²) in [5.74, 6) is -0.585. The topological polar surface area (TPSA) is 84.9 Å². The smallest absolute Gasteiger partial charge is 0.340 e. The molecule has 116 valence electrons. The van der Waals surface area contributed by atoms with Crippen LogP contribution in [0.4, 0.5) is 5.69 Å². The summed E-state index contributed by atoms with van der Waals surface area (Å²) in [6, 6.07) is 4.87. The molecule has 1 N–H and O–H groups in total. The maximum absolute atomic E-state index is 12.3. The van der Waals surface area contributed by atoms with Crippen LogP contribution in [0.3, 0.4) is 0 Å². The minimum Gasteiger partial charge on any atom is -0.465 e. The highest BCUT2D eigenvalue weighted by molar-refractivity contribution is 7.90. The number of benzene rings is 1. The van der Waals surface area contributed by atoms with Crippen molar-refractivity contribution >= 4 is 21.9 Å². The van der Waals surface area contributed by atoms with Crippen LogP contribution in [0.5, 0.6) is 0 Å². The van der Waals surface area contributed by atoms with Gasteiger partial charge in [0.25, 0.3) is 0 Å². The van der Waals surface area contributed by atoms with Crippen LogP contribution in [-0.4, -0.2) is 52.1 Å². The van der Waals surface area contributed by atoms with E-state index in [4.69, 9.17) is 4.74 Å². The minimum absolute atomic E-state index is 0.189. The van der Waals surface area contributed by atoms with Crippen LogP contribution in [-0.2, 0) is 19.7 Å². The number of esters is 1. The van der Waals surface area contributed by atoms with Gasteiger partial charge in [-0.1, -0.05) is 11.6 Å².